The third-order valence-electron chi connectivity index (χ3n) is 2.99. The maximum Gasteiger partial charge on any atom is 0.329 e. The molecule has 0 radical (unpaired) electrons. The molecule has 0 spiro atoms. The van der Waals surface area contributed by atoms with Gasteiger partial charge in [-0.1, -0.05) is 0 Å². The maximum absolute atomic E-state index is 12.2. The van der Waals surface area contributed by atoms with Crippen molar-refractivity contribution in [2.24, 2.45) is 0 Å². The number of benzene rings is 1. The van der Waals surface area contributed by atoms with Gasteiger partial charge in [0.15, 0.2) is 5.78 Å². The van der Waals surface area contributed by atoms with E-state index in [0.29, 0.717) is 5.56 Å². The summed E-state index contributed by atoms with van der Waals surface area (Å²) in [6.45, 7) is -0.0977. The number of aromatic hydroxyl groups is 1. The summed E-state index contributed by atoms with van der Waals surface area (Å²) in [4.78, 5) is 36.4. The van der Waals surface area contributed by atoms with E-state index in [1.807, 2.05) is 0 Å². The van der Waals surface area contributed by atoms with Gasteiger partial charge >= 0.3 is 5.97 Å². The number of carbonyl (C=O) groups excluding carboxylic acids is 3. The quantitative estimate of drug-likeness (QED) is 0.778. The molecule has 1 heterocycles. The molecule has 0 aromatic heterocycles. The highest BCUT2D eigenvalue weighted by atomic mass is 16.5. The van der Waals surface area contributed by atoms with Crippen molar-refractivity contribution in [1.82, 2.24) is 4.90 Å². The molecule has 0 bridgehead atoms. The van der Waals surface area contributed by atoms with Gasteiger partial charge in [-0.15, -0.1) is 0 Å². The first-order chi connectivity index (χ1) is 9.02. The van der Waals surface area contributed by atoms with Crippen LogP contribution in [0.3, 0.4) is 0 Å². The van der Waals surface area contributed by atoms with Crippen LogP contribution in [0.2, 0.25) is 0 Å². The lowest BCUT2D eigenvalue weighted by atomic mass is 10.1. The summed E-state index contributed by atoms with van der Waals surface area (Å²) < 4.78 is 4.59. The molecule has 19 heavy (non-hydrogen) atoms. The van der Waals surface area contributed by atoms with Gasteiger partial charge in [-0.3, -0.25) is 9.59 Å². The summed E-state index contributed by atoms with van der Waals surface area (Å²) in [5.74, 6) is -1.17. The number of ketones is 1. The molecule has 2 rings (SSSR count). The number of hydrogen-bond acceptors (Lipinski definition) is 5. The van der Waals surface area contributed by atoms with Gasteiger partial charge in [0, 0.05) is 12.0 Å². The molecule has 0 saturated carbocycles. The molecule has 6 heteroatoms. The standard InChI is InChI=1S/C13H13NO5/c1-19-13(18)11-6-10(16)7-14(11)12(17)8-2-4-9(15)5-3-8/h2-5,11,15H,6-7H2,1H3/t11-/m0/s1. The minimum absolute atomic E-state index is 0.0174. The van der Waals surface area contributed by atoms with Crippen LogP contribution >= 0.6 is 0 Å². The third-order valence-corrected chi connectivity index (χ3v) is 2.99. The molecule has 1 saturated heterocycles. The fourth-order valence-electron chi connectivity index (χ4n) is 2.02. The minimum Gasteiger partial charge on any atom is -0.508 e. The van der Waals surface area contributed by atoms with Crippen LogP contribution < -0.4 is 0 Å². The number of rotatable bonds is 2. The van der Waals surface area contributed by atoms with Crippen molar-refractivity contribution in [2.75, 3.05) is 13.7 Å². The molecule has 100 valence electrons. The van der Waals surface area contributed by atoms with Gasteiger partial charge in [0.1, 0.15) is 11.8 Å². The topological polar surface area (TPSA) is 83.9 Å². The lowest BCUT2D eigenvalue weighted by molar-refractivity contribution is -0.145. The first-order valence-corrected chi connectivity index (χ1v) is 5.72. The zero-order chi connectivity index (χ0) is 14.0. The van der Waals surface area contributed by atoms with Crippen LogP contribution in [0.25, 0.3) is 0 Å². The Morgan fingerprint density at radius 1 is 1.32 bits per heavy atom. The van der Waals surface area contributed by atoms with Crippen molar-refractivity contribution >= 4 is 17.7 Å². The summed E-state index contributed by atoms with van der Waals surface area (Å²) in [6.07, 6.45) is -0.0174. The van der Waals surface area contributed by atoms with Gasteiger partial charge in [-0.2, -0.15) is 0 Å². The summed E-state index contributed by atoms with van der Waals surface area (Å²) in [7, 11) is 1.22. The van der Waals surface area contributed by atoms with E-state index in [2.05, 4.69) is 4.74 Å². The molecule has 0 aliphatic carbocycles. The zero-order valence-corrected chi connectivity index (χ0v) is 10.3. The first kappa shape index (κ1) is 13.1. The van der Waals surface area contributed by atoms with Crippen LogP contribution in [0.1, 0.15) is 16.8 Å². The average molecular weight is 263 g/mol. The Morgan fingerprint density at radius 2 is 1.95 bits per heavy atom. The van der Waals surface area contributed by atoms with Crippen molar-refractivity contribution in [2.45, 2.75) is 12.5 Å². The lowest BCUT2D eigenvalue weighted by Crippen LogP contribution is -2.41. The van der Waals surface area contributed by atoms with Crippen LogP contribution in [0.4, 0.5) is 0 Å². The molecule has 1 amide bonds. The number of Topliss-reactive ketones (excluding diaryl/α,β-unsaturated/α-hetero) is 1. The monoisotopic (exact) mass is 263 g/mol. The molecule has 1 N–H and O–H groups in total. The Morgan fingerprint density at radius 3 is 2.53 bits per heavy atom. The smallest absolute Gasteiger partial charge is 0.329 e. The highest BCUT2D eigenvalue weighted by Crippen LogP contribution is 2.20. The van der Waals surface area contributed by atoms with Crippen LogP contribution in [0.5, 0.6) is 5.75 Å². The number of carbonyl (C=O) groups is 3. The third kappa shape index (κ3) is 2.57. The second-order valence-corrected chi connectivity index (χ2v) is 4.26. The number of hydrogen-bond donors (Lipinski definition) is 1. The number of nitrogens with zero attached hydrogens (tertiary/aromatic N) is 1. The SMILES string of the molecule is COC(=O)[C@@H]1CC(=O)CN1C(=O)c1ccc(O)cc1. The molecule has 6 nitrogen and oxygen atoms in total. The Hall–Kier alpha value is -2.37. The van der Waals surface area contributed by atoms with Gasteiger partial charge in [0.2, 0.25) is 0 Å². The van der Waals surface area contributed by atoms with E-state index in [-0.39, 0.29) is 24.5 Å². The van der Waals surface area contributed by atoms with Gasteiger partial charge in [-0.25, -0.2) is 4.79 Å². The van der Waals surface area contributed by atoms with Gasteiger partial charge < -0.3 is 14.7 Å². The summed E-state index contributed by atoms with van der Waals surface area (Å²) >= 11 is 0. The average Bonchev–Trinajstić information content (AvgIpc) is 2.80. The molecule has 1 atom stereocenters. The van der Waals surface area contributed by atoms with Gasteiger partial charge in [0.05, 0.1) is 13.7 Å². The van der Waals surface area contributed by atoms with Crippen molar-refractivity contribution in [3.63, 3.8) is 0 Å². The van der Waals surface area contributed by atoms with E-state index >= 15 is 0 Å². The molecular weight excluding hydrogens is 250 g/mol. The first-order valence-electron chi connectivity index (χ1n) is 5.72. The predicted octanol–water partition coefficient (Wildman–Crippen LogP) is 0.349. The number of methoxy groups -OCH3 is 1. The summed E-state index contributed by atoms with van der Waals surface area (Å²) in [5, 5.41) is 9.17. The van der Waals surface area contributed by atoms with E-state index in [1.165, 1.54) is 36.3 Å². The predicted molar refractivity (Wildman–Crippen MR) is 64.6 cm³/mol. The molecule has 0 unspecified atom stereocenters. The Labute approximate surface area is 109 Å². The van der Waals surface area contributed by atoms with Crippen molar-refractivity contribution in [3.05, 3.63) is 29.8 Å². The molecule has 1 aromatic carbocycles. The van der Waals surface area contributed by atoms with E-state index in [1.54, 1.807) is 0 Å². The van der Waals surface area contributed by atoms with E-state index in [4.69, 9.17) is 0 Å². The van der Waals surface area contributed by atoms with Crippen molar-refractivity contribution in [3.8, 4) is 5.75 Å². The molecular formula is C13H13NO5. The number of likely N-dealkylation sites (tertiary alicyclic amines) is 1. The van der Waals surface area contributed by atoms with Crippen LogP contribution in [-0.4, -0.2) is 47.4 Å². The number of ether oxygens (including phenoxy) is 1. The Kier molecular flexibility index (Phi) is 3.50. The second-order valence-electron chi connectivity index (χ2n) is 4.26. The number of amides is 1. The van der Waals surface area contributed by atoms with Crippen LogP contribution in [0.15, 0.2) is 24.3 Å². The fraction of sp³-hybridized carbons (Fsp3) is 0.308. The molecule has 1 aromatic rings. The Bertz CT molecular complexity index is 522. The maximum atomic E-state index is 12.2. The fourth-order valence-corrected chi connectivity index (χ4v) is 2.02. The van der Waals surface area contributed by atoms with E-state index < -0.39 is 17.9 Å². The van der Waals surface area contributed by atoms with Crippen molar-refractivity contribution < 1.29 is 24.2 Å². The number of phenols is 1. The molecule has 1 aliphatic rings. The van der Waals surface area contributed by atoms with E-state index in [0.717, 1.165) is 0 Å². The Balaban J connectivity index is 2.24. The molecule has 1 fully saturated rings. The second kappa shape index (κ2) is 5.09. The lowest BCUT2D eigenvalue weighted by Gasteiger charge is -2.21. The summed E-state index contributed by atoms with van der Waals surface area (Å²) in [5.41, 5.74) is 0.307. The largest absolute Gasteiger partial charge is 0.508 e. The van der Waals surface area contributed by atoms with Crippen molar-refractivity contribution in [1.29, 1.82) is 0 Å². The van der Waals surface area contributed by atoms with E-state index in [9.17, 15) is 19.5 Å². The normalized spacial score (nSPS) is 18.5. The summed E-state index contributed by atoms with van der Waals surface area (Å²) in [6, 6.07) is 4.76. The number of esters is 1. The highest BCUT2D eigenvalue weighted by molar-refractivity contribution is 6.03. The highest BCUT2D eigenvalue weighted by Gasteiger charge is 2.39. The van der Waals surface area contributed by atoms with Crippen LogP contribution in [-0.2, 0) is 14.3 Å². The van der Waals surface area contributed by atoms with Gasteiger partial charge in [0.25, 0.3) is 5.91 Å². The minimum atomic E-state index is -0.862. The molecule has 1 aliphatic heterocycles. The zero-order valence-electron chi connectivity index (χ0n) is 10.3. The number of phenolic OH excluding ortho intramolecular Hbond substituents is 1. The van der Waals surface area contributed by atoms with Crippen LogP contribution in [0, 0.1) is 0 Å². The van der Waals surface area contributed by atoms with Gasteiger partial charge in [-0.05, 0) is 24.3 Å².